The van der Waals surface area contributed by atoms with Gasteiger partial charge in [-0.2, -0.15) is 0 Å². The number of morpholine rings is 1. The van der Waals surface area contributed by atoms with Crippen molar-refractivity contribution in [1.82, 2.24) is 4.90 Å². The largest absolute Gasteiger partial charge is 0.496 e. The number of benzene rings is 1. The van der Waals surface area contributed by atoms with Crippen LogP contribution < -0.4 is 4.74 Å². The molecular weight excluding hydrogens is 233 g/mol. The molecule has 1 aliphatic heterocycles. The lowest BCUT2D eigenvalue weighted by Gasteiger charge is -2.26. The average molecular weight is 253 g/mol. The second-order valence-electron chi connectivity index (χ2n) is 4.48. The van der Waals surface area contributed by atoms with Crippen molar-refractivity contribution in [2.45, 2.75) is 12.8 Å². The Labute approximate surface area is 107 Å². The predicted octanol–water partition coefficient (Wildman–Crippen LogP) is 2.10. The normalized spacial score (nSPS) is 16.8. The van der Waals surface area contributed by atoms with Crippen molar-refractivity contribution < 1.29 is 13.9 Å². The van der Waals surface area contributed by atoms with Crippen molar-refractivity contribution in [2.24, 2.45) is 0 Å². The van der Waals surface area contributed by atoms with Crippen LogP contribution in [0.5, 0.6) is 5.75 Å². The van der Waals surface area contributed by atoms with Gasteiger partial charge in [-0.3, -0.25) is 4.90 Å². The van der Waals surface area contributed by atoms with E-state index in [0.29, 0.717) is 17.7 Å². The third-order valence-electron chi connectivity index (χ3n) is 3.30. The van der Waals surface area contributed by atoms with Crippen LogP contribution in [-0.4, -0.2) is 44.9 Å². The lowest BCUT2D eigenvalue weighted by Crippen LogP contribution is -2.36. The van der Waals surface area contributed by atoms with Gasteiger partial charge in [-0.1, -0.05) is 6.07 Å². The summed E-state index contributed by atoms with van der Waals surface area (Å²) in [5, 5.41) is 0. The molecule has 1 fully saturated rings. The lowest BCUT2D eigenvalue weighted by atomic mass is 10.1. The molecule has 0 aliphatic carbocycles. The van der Waals surface area contributed by atoms with Crippen molar-refractivity contribution in [1.29, 1.82) is 0 Å². The highest BCUT2D eigenvalue weighted by Crippen LogP contribution is 2.22. The lowest BCUT2D eigenvalue weighted by molar-refractivity contribution is 0.0374. The number of halogens is 1. The topological polar surface area (TPSA) is 21.7 Å². The van der Waals surface area contributed by atoms with E-state index in [1.54, 1.807) is 13.2 Å². The molecule has 4 heteroatoms. The molecule has 2 rings (SSSR count). The van der Waals surface area contributed by atoms with E-state index in [1.165, 1.54) is 6.07 Å². The highest BCUT2D eigenvalue weighted by atomic mass is 19.1. The maximum absolute atomic E-state index is 13.7. The minimum atomic E-state index is -0.170. The summed E-state index contributed by atoms with van der Waals surface area (Å²) in [6.45, 7) is 4.57. The van der Waals surface area contributed by atoms with Crippen LogP contribution in [0.1, 0.15) is 12.0 Å². The molecule has 1 aromatic carbocycles. The van der Waals surface area contributed by atoms with Crippen LogP contribution in [0.15, 0.2) is 18.2 Å². The number of hydrogen-bond donors (Lipinski definition) is 0. The predicted molar refractivity (Wildman–Crippen MR) is 68.5 cm³/mol. The summed E-state index contributed by atoms with van der Waals surface area (Å²) in [5.41, 5.74) is 0.688. The number of methoxy groups -OCH3 is 1. The fourth-order valence-corrected chi connectivity index (χ4v) is 2.28. The van der Waals surface area contributed by atoms with Crippen molar-refractivity contribution >= 4 is 0 Å². The van der Waals surface area contributed by atoms with Crippen molar-refractivity contribution in [3.05, 3.63) is 29.6 Å². The SMILES string of the molecule is COc1cccc(F)c1CCCN1CCOCC1. The standard InChI is InChI=1S/C14H20FNO2/c1-17-14-6-2-5-13(15)12(14)4-3-7-16-8-10-18-11-9-16/h2,5-6H,3-4,7-11H2,1H3. The molecule has 0 N–H and O–H groups in total. The van der Waals surface area contributed by atoms with E-state index in [4.69, 9.17) is 9.47 Å². The van der Waals surface area contributed by atoms with E-state index in [-0.39, 0.29) is 5.82 Å². The zero-order valence-electron chi connectivity index (χ0n) is 10.8. The van der Waals surface area contributed by atoms with Gasteiger partial charge in [-0.15, -0.1) is 0 Å². The number of ether oxygens (including phenoxy) is 2. The van der Waals surface area contributed by atoms with Crippen LogP contribution in [0, 0.1) is 5.82 Å². The zero-order valence-corrected chi connectivity index (χ0v) is 10.8. The highest BCUT2D eigenvalue weighted by molar-refractivity contribution is 5.34. The Morgan fingerprint density at radius 1 is 1.33 bits per heavy atom. The maximum atomic E-state index is 13.7. The monoisotopic (exact) mass is 253 g/mol. The van der Waals surface area contributed by atoms with E-state index in [1.807, 2.05) is 6.07 Å². The van der Waals surface area contributed by atoms with E-state index >= 15 is 0 Å². The van der Waals surface area contributed by atoms with Crippen LogP contribution in [0.4, 0.5) is 4.39 Å². The molecule has 0 spiro atoms. The van der Waals surface area contributed by atoms with Crippen molar-refractivity contribution in [3.8, 4) is 5.75 Å². The molecule has 1 aliphatic rings. The molecule has 100 valence electrons. The molecule has 0 aromatic heterocycles. The van der Waals surface area contributed by atoms with Gasteiger partial charge in [0.05, 0.1) is 20.3 Å². The first-order valence-electron chi connectivity index (χ1n) is 6.42. The fourth-order valence-electron chi connectivity index (χ4n) is 2.28. The maximum Gasteiger partial charge on any atom is 0.130 e. The molecule has 1 saturated heterocycles. The van der Waals surface area contributed by atoms with E-state index in [9.17, 15) is 4.39 Å². The first-order valence-corrected chi connectivity index (χ1v) is 6.42. The quantitative estimate of drug-likeness (QED) is 0.802. The third-order valence-corrected chi connectivity index (χ3v) is 3.30. The molecule has 3 nitrogen and oxygen atoms in total. The molecule has 0 amide bonds. The Bertz CT molecular complexity index is 378. The Hall–Kier alpha value is -1.13. The average Bonchev–Trinajstić information content (AvgIpc) is 2.41. The summed E-state index contributed by atoms with van der Waals surface area (Å²) in [6.07, 6.45) is 1.66. The number of rotatable bonds is 5. The minimum absolute atomic E-state index is 0.170. The summed E-state index contributed by atoms with van der Waals surface area (Å²) in [7, 11) is 1.58. The third kappa shape index (κ3) is 3.43. The van der Waals surface area contributed by atoms with Crippen molar-refractivity contribution in [3.63, 3.8) is 0 Å². The van der Waals surface area contributed by atoms with Gasteiger partial charge in [0.2, 0.25) is 0 Å². The van der Waals surface area contributed by atoms with Gasteiger partial charge in [0, 0.05) is 18.7 Å². The van der Waals surface area contributed by atoms with Crippen molar-refractivity contribution in [2.75, 3.05) is 40.0 Å². The van der Waals surface area contributed by atoms with Crippen LogP contribution >= 0.6 is 0 Å². The van der Waals surface area contributed by atoms with Gasteiger partial charge in [0.1, 0.15) is 11.6 Å². The summed E-state index contributed by atoms with van der Waals surface area (Å²) >= 11 is 0. The van der Waals surface area contributed by atoms with Crippen LogP contribution in [0.2, 0.25) is 0 Å². The molecular formula is C14H20FNO2. The van der Waals surface area contributed by atoms with Gasteiger partial charge in [0.25, 0.3) is 0 Å². The summed E-state index contributed by atoms with van der Waals surface area (Å²) in [4.78, 5) is 2.36. The number of hydrogen-bond acceptors (Lipinski definition) is 3. The summed E-state index contributed by atoms with van der Waals surface area (Å²) in [6, 6.07) is 4.99. The van der Waals surface area contributed by atoms with Gasteiger partial charge in [-0.05, 0) is 31.5 Å². The van der Waals surface area contributed by atoms with E-state index in [0.717, 1.165) is 39.3 Å². The molecule has 1 heterocycles. The molecule has 1 aromatic rings. The molecule has 18 heavy (non-hydrogen) atoms. The smallest absolute Gasteiger partial charge is 0.130 e. The van der Waals surface area contributed by atoms with E-state index in [2.05, 4.69) is 4.90 Å². The highest BCUT2D eigenvalue weighted by Gasteiger charge is 2.12. The van der Waals surface area contributed by atoms with Crippen LogP contribution in [-0.2, 0) is 11.2 Å². The Balaban J connectivity index is 1.85. The Morgan fingerprint density at radius 3 is 2.83 bits per heavy atom. The first kappa shape index (κ1) is 13.3. The van der Waals surface area contributed by atoms with Gasteiger partial charge >= 0.3 is 0 Å². The molecule has 0 unspecified atom stereocenters. The molecule has 0 bridgehead atoms. The van der Waals surface area contributed by atoms with E-state index < -0.39 is 0 Å². The number of nitrogens with zero attached hydrogens (tertiary/aromatic N) is 1. The molecule has 0 radical (unpaired) electrons. The fraction of sp³-hybridized carbons (Fsp3) is 0.571. The van der Waals surface area contributed by atoms with Crippen LogP contribution in [0.3, 0.4) is 0 Å². The second-order valence-corrected chi connectivity index (χ2v) is 4.48. The Morgan fingerprint density at radius 2 is 2.11 bits per heavy atom. The second kappa shape index (κ2) is 6.71. The molecule has 0 atom stereocenters. The molecule has 0 saturated carbocycles. The summed E-state index contributed by atoms with van der Waals surface area (Å²) < 4.78 is 24.2. The van der Waals surface area contributed by atoms with Crippen LogP contribution in [0.25, 0.3) is 0 Å². The zero-order chi connectivity index (χ0) is 12.8. The Kier molecular flexibility index (Phi) is 4.96. The first-order chi connectivity index (χ1) is 8.81. The van der Waals surface area contributed by atoms with Gasteiger partial charge < -0.3 is 9.47 Å². The van der Waals surface area contributed by atoms with Gasteiger partial charge in [-0.25, -0.2) is 4.39 Å². The minimum Gasteiger partial charge on any atom is -0.496 e. The summed E-state index contributed by atoms with van der Waals surface area (Å²) in [5.74, 6) is 0.480. The van der Waals surface area contributed by atoms with Gasteiger partial charge in [0.15, 0.2) is 0 Å².